The molecule has 0 spiro atoms. The summed E-state index contributed by atoms with van der Waals surface area (Å²) in [6.07, 6.45) is 3.62. The molecule has 0 saturated carbocycles. The van der Waals surface area contributed by atoms with E-state index in [0.29, 0.717) is 18.2 Å². The summed E-state index contributed by atoms with van der Waals surface area (Å²) in [7, 11) is 0. The van der Waals surface area contributed by atoms with E-state index < -0.39 is 0 Å². The first-order chi connectivity index (χ1) is 9.86. The van der Waals surface area contributed by atoms with Crippen molar-refractivity contribution in [3.63, 3.8) is 0 Å². The second kappa shape index (κ2) is 6.08. The summed E-state index contributed by atoms with van der Waals surface area (Å²) in [4.78, 5) is 20.3. The first kappa shape index (κ1) is 15.2. The molecule has 2 aromatic heterocycles. The molecule has 0 aliphatic carbocycles. The van der Waals surface area contributed by atoms with Gasteiger partial charge in [0.05, 0.1) is 12.1 Å². The van der Waals surface area contributed by atoms with E-state index in [1.807, 2.05) is 39.8 Å². The van der Waals surface area contributed by atoms with E-state index in [2.05, 4.69) is 15.3 Å². The van der Waals surface area contributed by atoms with Gasteiger partial charge >= 0.3 is 0 Å². The highest BCUT2D eigenvalue weighted by molar-refractivity contribution is 5.78. The van der Waals surface area contributed by atoms with Crippen LogP contribution in [-0.2, 0) is 23.2 Å². The quantitative estimate of drug-likeness (QED) is 0.938. The minimum atomic E-state index is -0.156. The minimum absolute atomic E-state index is 0.0773. The molecule has 1 N–H and O–H groups in total. The molecule has 0 fully saturated rings. The molecule has 5 heteroatoms. The van der Waals surface area contributed by atoms with Crippen molar-refractivity contribution in [1.82, 2.24) is 15.3 Å². The molecule has 0 bridgehead atoms. The number of rotatable bonds is 4. The fourth-order valence-corrected chi connectivity index (χ4v) is 1.82. The Morgan fingerprint density at radius 3 is 2.52 bits per heavy atom. The Kier molecular flexibility index (Phi) is 4.40. The number of nitrogens with zero attached hydrogens (tertiary/aromatic N) is 2. The molecule has 2 rings (SSSR count). The maximum atomic E-state index is 12.0. The van der Waals surface area contributed by atoms with Crippen LogP contribution in [0.3, 0.4) is 0 Å². The third-order valence-corrected chi connectivity index (χ3v) is 3.09. The number of aryl methyl sites for hydroxylation is 1. The molecule has 1 amide bonds. The van der Waals surface area contributed by atoms with Gasteiger partial charge in [-0.1, -0.05) is 20.8 Å². The summed E-state index contributed by atoms with van der Waals surface area (Å²) < 4.78 is 5.72. The molecule has 0 aromatic carbocycles. The van der Waals surface area contributed by atoms with Crippen molar-refractivity contribution >= 4 is 5.91 Å². The molecular weight excluding hydrogens is 266 g/mol. The number of hydrogen-bond donors (Lipinski definition) is 1. The molecule has 5 nitrogen and oxygen atoms in total. The maximum Gasteiger partial charge on any atom is 0.227 e. The highest BCUT2D eigenvalue weighted by Crippen LogP contribution is 2.23. The molecule has 0 unspecified atom stereocenters. The van der Waals surface area contributed by atoms with E-state index in [0.717, 1.165) is 11.3 Å². The summed E-state index contributed by atoms with van der Waals surface area (Å²) in [6, 6.07) is 3.75. The molecule has 0 aliphatic rings. The third-order valence-electron chi connectivity index (χ3n) is 3.09. The number of oxazole rings is 1. The lowest BCUT2D eigenvalue weighted by Crippen LogP contribution is -2.24. The van der Waals surface area contributed by atoms with Gasteiger partial charge in [-0.3, -0.25) is 9.78 Å². The highest BCUT2D eigenvalue weighted by atomic mass is 16.4. The van der Waals surface area contributed by atoms with Crippen molar-refractivity contribution in [2.24, 2.45) is 0 Å². The molecule has 0 radical (unpaired) electrons. The number of aromatic nitrogens is 2. The SMILES string of the molecule is Cc1nc(C(C)(C)C)oc1CC(=O)NCc1ccncc1. The standard InChI is InChI=1S/C16H21N3O2/c1-11-13(21-15(19-11)16(2,3)4)9-14(20)18-10-12-5-7-17-8-6-12/h5-8H,9-10H2,1-4H3,(H,18,20). The Bertz CT molecular complexity index is 612. The lowest BCUT2D eigenvalue weighted by Gasteiger charge is -2.12. The summed E-state index contributed by atoms with van der Waals surface area (Å²) in [5.74, 6) is 1.22. The number of carbonyl (C=O) groups excluding carboxylic acids is 1. The highest BCUT2D eigenvalue weighted by Gasteiger charge is 2.23. The summed E-state index contributed by atoms with van der Waals surface area (Å²) in [6.45, 7) is 8.45. The average Bonchev–Trinajstić information content (AvgIpc) is 2.79. The van der Waals surface area contributed by atoms with Crippen molar-refractivity contribution in [1.29, 1.82) is 0 Å². The Labute approximate surface area is 124 Å². The van der Waals surface area contributed by atoms with Gasteiger partial charge in [0.15, 0.2) is 5.89 Å². The van der Waals surface area contributed by atoms with Gasteiger partial charge in [0.1, 0.15) is 5.76 Å². The van der Waals surface area contributed by atoms with E-state index in [1.54, 1.807) is 12.4 Å². The molecule has 0 atom stereocenters. The van der Waals surface area contributed by atoms with E-state index in [1.165, 1.54) is 0 Å². The second-order valence-electron chi connectivity index (χ2n) is 6.09. The number of nitrogens with one attached hydrogen (secondary N) is 1. The van der Waals surface area contributed by atoms with Gasteiger partial charge in [-0.25, -0.2) is 4.98 Å². The van der Waals surface area contributed by atoms with Crippen LogP contribution < -0.4 is 5.32 Å². The van der Waals surface area contributed by atoms with Crippen LogP contribution in [-0.4, -0.2) is 15.9 Å². The molecule has 2 aromatic rings. The minimum Gasteiger partial charge on any atom is -0.444 e. The van der Waals surface area contributed by atoms with Crippen molar-refractivity contribution in [2.45, 2.75) is 46.1 Å². The average molecular weight is 287 g/mol. The topological polar surface area (TPSA) is 68.0 Å². The fourth-order valence-electron chi connectivity index (χ4n) is 1.82. The Hall–Kier alpha value is -2.17. The van der Waals surface area contributed by atoms with Crippen LogP contribution in [0, 0.1) is 6.92 Å². The normalized spacial score (nSPS) is 11.4. The van der Waals surface area contributed by atoms with Crippen LogP contribution >= 0.6 is 0 Å². The van der Waals surface area contributed by atoms with E-state index in [4.69, 9.17) is 4.42 Å². The van der Waals surface area contributed by atoms with Crippen molar-refractivity contribution in [3.05, 3.63) is 47.4 Å². The van der Waals surface area contributed by atoms with Gasteiger partial charge in [0.25, 0.3) is 0 Å². The Morgan fingerprint density at radius 2 is 1.95 bits per heavy atom. The van der Waals surface area contributed by atoms with Crippen LogP contribution in [0.25, 0.3) is 0 Å². The van der Waals surface area contributed by atoms with Crippen molar-refractivity contribution in [2.75, 3.05) is 0 Å². The Morgan fingerprint density at radius 1 is 1.29 bits per heavy atom. The maximum absolute atomic E-state index is 12.0. The summed E-state index contributed by atoms with van der Waals surface area (Å²) >= 11 is 0. The van der Waals surface area contributed by atoms with Crippen molar-refractivity contribution < 1.29 is 9.21 Å². The first-order valence-electron chi connectivity index (χ1n) is 6.98. The van der Waals surface area contributed by atoms with Crippen LogP contribution in [0.1, 0.15) is 43.7 Å². The number of hydrogen-bond acceptors (Lipinski definition) is 4. The van der Waals surface area contributed by atoms with Gasteiger partial charge < -0.3 is 9.73 Å². The second-order valence-corrected chi connectivity index (χ2v) is 6.09. The molecule has 0 saturated heterocycles. The van der Waals surface area contributed by atoms with Crippen LogP contribution in [0.15, 0.2) is 28.9 Å². The first-order valence-corrected chi connectivity index (χ1v) is 6.98. The predicted octanol–water partition coefficient (Wildman–Crippen LogP) is 2.53. The van der Waals surface area contributed by atoms with Gasteiger partial charge in [0.2, 0.25) is 5.91 Å². The zero-order chi connectivity index (χ0) is 15.5. The zero-order valence-electron chi connectivity index (χ0n) is 12.9. The molecular formula is C16H21N3O2. The van der Waals surface area contributed by atoms with Gasteiger partial charge in [-0.05, 0) is 24.6 Å². The van der Waals surface area contributed by atoms with E-state index in [-0.39, 0.29) is 17.7 Å². The summed E-state index contributed by atoms with van der Waals surface area (Å²) in [5.41, 5.74) is 1.64. The zero-order valence-corrected chi connectivity index (χ0v) is 12.9. The van der Waals surface area contributed by atoms with Gasteiger partial charge in [-0.2, -0.15) is 0 Å². The van der Waals surface area contributed by atoms with Crippen molar-refractivity contribution in [3.8, 4) is 0 Å². The number of pyridine rings is 1. The predicted molar refractivity (Wildman–Crippen MR) is 79.7 cm³/mol. The van der Waals surface area contributed by atoms with Crippen LogP contribution in [0.2, 0.25) is 0 Å². The Balaban J connectivity index is 1.95. The molecule has 112 valence electrons. The van der Waals surface area contributed by atoms with Gasteiger partial charge in [0, 0.05) is 24.4 Å². The fraction of sp³-hybridized carbons (Fsp3) is 0.438. The number of carbonyl (C=O) groups is 1. The third kappa shape index (κ3) is 4.15. The number of amides is 1. The monoisotopic (exact) mass is 287 g/mol. The molecule has 2 heterocycles. The summed E-state index contributed by atoms with van der Waals surface area (Å²) in [5, 5.41) is 2.87. The largest absolute Gasteiger partial charge is 0.444 e. The molecule has 21 heavy (non-hydrogen) atoms. The molecule has 0 aliphatic heterocycles. The lowest BCUT2D eigenvalue weighted by molar-refractivity contribution is -0.120. The van der Waals surface area contributed by atoms with Gasteiger partial charge in [-0.15, -0.1) is 0 Å². The van der Waals surface area contributed by atoms with E-state index >= 15 is 0 Å². The van der Waals surface area contributed by atoms with E-state index in [9.17, 15) is 4.79 Å². The lowest BCUT2D eigenvalue weighted by atomic mass is 9.97. The van der Waals surface area contributed by atoms with Crippen LogP contribution in [0.4, 0.5) is 0 Å². The van der Waals surface area contributed by atoms with Crippen LogP contribution in [0.5, 0.6) is 0 Å². The smallest absolute Gasteiger partial charge is 0.227 e.